The smallest absolute Gasteiger partial charge is 0.309 e. The van der Waals surface area contributed by atoms with Gasteiger partial charge in [-0.3, -0.25) is 14.5 Å². The number of hydrogen-bond acceptors (Lipinski definition) is 6. The predicted molar refractivity (Wildman–Crippen MR) is 125 cm³/mol. The van der Waals surface area contributed by atoms with Crippen LogP contribution in [0.4, 0.5) is 5.69 Å². The number of thiophene rings is 1. The third-order valence-corrected chi connectivity index (χ3v) is 6.65. The lowest BCUT2D eigenvalue weighted by Crippen LogP contribution is -2.53. The molecule has 168 valence electrons. The Labute approximate surface area is 192 Å². The van der Waals surface area contributed by atoms with Crippen LogP contribution in [0.15, 0.2) is 70.7 Å². The maximum atomic E-state index is 12.5. The van der Waals surface area contributed by atoms with Crippen molar-refractivity contribution in [2.75, 3.05) is 31.1 Å². The number of carbonyl (C=O) groups excluding carboxylic acids is 2. The molecular weight excluding hydrogens is 424 g/mol. The molecule has 4 rings (SSSR count). The number of para-hydroxylation sites is 1. The molecule has 0 spiro atoms. The zero-order chi connectivity index (χ0) is 22.3. The highest BCUT2D eigenvalue weighted by molar-refractivity contribution is 7.10. The molecule has 2 amide bonds. The Morgan fingerprint density at radius 1 is 1.00 bits per heavy atom. The number of benzene rings is 1. The van der Waals surface area contributed by atoms with Gasteiger partial charge in [-0.25, -0.2) is 0 Å². The zero-order valence-corrected chi connectivity index (χ0v) is 18.9. The van der Waals surface area contributed by atoms with Gasteiger partial charge in [0.1, 0.15) is 5.76 Å². The van der Waals surface area contributed by atoms with Crippen LogP contribution in [-0.4, -0.2) is 48.9 Å². The van der Waals surface area contributed by atoms with E-state index in [0.29, 0.717) is 5.76 Å². The lowest BCUT2D eigenvalue weighted by Gasteiger charge is -2.42. The van der Waals surface area contributed by atoms with Crippen molar-refractivity contribution in [1.82, 2.24) is 15.5 Å². The number of nitrogens with zero attached hydrogens (tertiary/aromatic N) is 2. The van der Waals surface area contributed by atoms with Gasteiger partial charge in [0, 0.05) is 42.8 Å². The number of hydrogen-bond donors (Lipinski definition) is 2. The molecule has 2 atom stereocenters. The van der Waals surface area contributed by atoms with Crippen molar-refractivity contribution in [3.63, 3.8) is 0 Å². The van der Waals surface area contributed by atoms with Gasteiger partial charge >= 0.3 is 11.8 Å². The summed E-state index contributed by atoms with van der Waals surface area (Å²) in [6.07, 6.45) is 1.53. The lowest BCUT2D eigenvalue weighted by atomic mass is 10.0. The molecule has 3 aromatic rings. The van der Waals surface area contributed by atoms with E-state index in [-0.39, 0.29) is 18.6 Å². The molecule has 1 fully saturated rings. The Balaban J connectivity index is 1.37. The van der Waals surface area contributed by atoms with Crippen LogP contribution in [0.2, 0.25) is 0 Å². The first-order valence-electron chi connectivity index (χ1n) is 10.8. The van der Waals surface area contributed by atoms with Crippen molar-refractivity contribution in [1.29, 1.82) is 0 Å². The van der Waals surface area contributed by atoms with Crippen molar-refractivity contribution in [2.45, 2.75) is 25.6 Å². The Morgan fingerprint density at radius 2 is 1.78 bits per heavy atom. The number of nitrogens with one attached hydrogen (secondary N) is 2. The summed E-state index contributed by atoms with van der Waals surface area (Å²) < 4.78 is 5.20. The summed E-state index contributed by atoms with van der Waals surface area (Å²) in [6, 6.07) is 17.8. The molecule has 1 saturated heterocycles. The highest BCUT2D eigenvalue weighted by Gasteiger charge is 2.31. The first-order valence-corrected chi connectivity index (χ1v) is 11.7. The molecule has 2 N–H and O–H groups in total. The topological polar surface area (TPSA) is 77.8 Å². The average molecular weight is 453 g/mol. The molecule has 0 aliphatic carbocycles. The molecule has 8 heteroatoms. The molecule has 1 aliphatic heterocycles. The van der Waals surface area contributed by atoms with E-state index < -0.39 is 11.8 Å². The molecule has 0 bridgehead atoms. The van der Waals surface area contributed by atoms with Crippen LogP contribution in [0.25, 0.3) is 0 Å². The third kappa shape index (κ3) is 5.38. The second-order valence-electron chi connectivity index (χ2n) is 7.84. The third-order valence-electron chi connectivity index (χ3n) is 5.71. The molecule has 3 heterocycles. The second-order valence-corrected chi connectivity index (χ2v) is 8.82. The molecular formula is C24H28N4O3S. The monoisotopic (exact) mass is 452 g/mol. The van der Waals surface area contributed by atoms with Gasteiger partial charge in [0.25, 0.3) is 0 Å². The van der Waals surface area contributed by atoms with Crippen LogP contribution < -0.4 is 15.5 Å². The fourth-order valence-electron chi connectivity index (χ4n) is 4.11. The lowest BCUT2D eigenvalue weighted by molar-refractivity contribution is -0.140. The van der Waals surface area contributed by atoms with Crippen LogP contribution in [0, 0.1) is 0 Å². The predicted octanol–water partition coefficient (Wildman–Crippen LogP) is 3.03. The van der Waals surface area contributed by atoms with Crippen molar-refractivity contribution in [2.24, 2.45) is 0 Å². The van der Waals surface area contributed by atoms with E-state index in [9.17, 15) is 9.59 Å². The van der Waals surface area contributed by atoms with Crippen LogP contribution in [-0.2, 0) is 16.1 Å². The quantitative estimate of drug-likeness (QED) is 0.539. The molecule has 0 saturated carbocycles. The minimum absolute atomic E-state index is 0.00903. The standard InChI is InChI=1S/C24H28N4O3S/c1-18(26-24(30)23(29)25-17-20-9-5-15-31-20)22(21-10-6-16-32-21)28-13-11-27(12-14-28)19-7-3-2-4-8-19/h2-10,15-16,18,22H,11-14,17H2,1H3,(H,25,29)(H,26,30). The largest absolute Gasteiger partial charge is 0.467 e. The molecule has 0 radical (unpaired) electrons. The summed E-state index contributed by atoms with van der Waals surface area (Å²) in [6.45, 7) is 5.73. The van der Waals surface area contributed by atoms with Crippen LogP contribution in [0.1, 0.15) is 23.6 Å². The van der Waals surface area contributed by atoms with Gasteiger partial charge < -0.3 is 20.0 Å². The number of carbonyl (C=O) groups is 2. The van der Waals surface area contributed by atoms with E-state index >= 15 is 0 Å². The minimum Gasteiger partial charge on any atom is -0.467 e. The number of piperazine rings is 1. The summed E-state index contributed by atoms with van der Waals surface area (Å²) in [4.78, 5) is 30.8. The number of anilines is 1. The van der Waals surface area contributed by atoms with Gasteiger partial charge in [-0.2, -0.15) is 0 Å². The van der Waals surface area contributed by atoms with E-state index in [1.54, 1.807) is 23.5 Å². The van der Waals surface area contributed by atoms with Crippen LogP contribution in [0.3, 0.4) is 0 Å². The normalized spacial score (nSPS) is 16.3. The summed E-state index contributed by atoms with van der Waals surface area (Å²) in [7, 11) is 0. The maximum Gasteiger partial charge on any atom is 0.309 e. The summed E-state index contributed by atoms with van der Waals surface area (Å²) in [5.41, 5.74) is 1.23. The average Bonchev–Trinajstić information content (AvgIpc) is 3.53. The van der Waals surface area contributed by atoms with Crippen molar-refractivity contribution >= 4 is 28.8 Å². The molecule has 7 nitrogen and oxygen atoms in total. The van der Waals surface area contributed by atoms with Gasteiger partial charge in [-0.1, -0.05) is 24.3 Å². The van der Waals surface area contributed by atoms with Crippen molar-refractivity contribution < 1.29 is 14.0 Å². The Bertz CT molecular complexity index is 984. The van der Waals surface area contributed by atoms with E-state index in [1.807, 2.05) is 24.4 Å². The van der Waals surface area contributed by atoms with E-state index in [1.165, 1.54) is 16.8 Å². The van der Waals surface area contributed by atoms with Gasteiger partial charge in [0.15, 0.2) is 0 Å². The molecule has 2 aromatic heterocycles. The number of rotatable bonds is 7. The second kappa shape index (κ2) is 10.5. The minimum atomic E-state index is -0.660. The first-order chi connectivity index (χ1) is 15.6. The van der Waals surface area contributed by atoms with E-state index in [4.69, 9.17) is 4.42 Å². The van der Waals surface area contributed by atoms with Gasteiger partial charge in [-0.05, 0) is 42.6 Å². The molecule has 1 aromatic carbocycles. The van der Waals surface area contributed by atoms with Crippen LogP contribution >= 0.6 is 11.3 Å². The van der Waals surface area contributed by atoms with Crippen molar-refractivity contribution in [3.05, 3.63) is 76.9 Å². The first kappa shape index (κ1) is 22.1. The van der Waals surface area contributed by atoms with Crippen LogP contribution in [0.5, 0.6) is 0 Å². The Kier molecular flexibility index (Phi) is 7.24. The molecule has 32 heavy (non-hydrogen) atoms. The maximum absolute atomic E-state index is 12.5. The fraction of sp³-hybridized carbons (Fsp3) is 0.333. The Morgan fingerprint density at radius 3 is 2.44 bits per heavy atom. The van der Waals surface area contributed by atoms with Gasteiger partial charge in [0.05, 0.1) is 18.8 Å². The molecule has 2 unspecified atom stereocenters. The summed E-state index contributed by atoms with van der Waals surface area (Å²) >= 11 is 1.67. The SMILES string of the molecule is CC(NC(=O)C(=O)NCc1ccco1)C(c1cccs1)N1CCN(c2ccccc2)CC1. The fourth-order valence-corrected chi connectivity index (χ4v) is 5.08. The molecule has 1 aliphatic rings. The number of amides is 2. The summed E-state index contributed by atoms with van der Waals surface area (Å²) in [5, 5.41) is 7.56. The zero-order valence-electron chi connectivity index (χ0n) is 18.1. The van der Waals surface area contributed by atoms with Gasteiger partial charge in [0.2, 0.25) is 0 Å². The Hall–Kier alpha value is -3.10. The van der Waals surface area contributed by atoms with Gasteiger partial charge in [-0.15, -0.1) is 11.3 Å². The summed E-state index contributed by atoms with van der Waals surface area (Å²) in [5.74, 6) is -0.687. The van der Waals surface area contributed by atoms with E-state index in [2.05, 4.69) is 50.8 Å². The highest BCUT2D eigenvalue weighted by atomic mass is 32.1. The highest BCUT2D eigenvalue weighted by Crippen LogP contribution is 2.30. The number of furan rings is 1. The van der Waals surface area contributed by atoms with Crippen molar-refractivity contribution in [3.8, 4) is 0 Å². The van der Waals surface area contributed by atoms with E-state index in [0.717, 1.165) is 26.2 Å².